The second kappa shape index (κ2) is 11.4. The van der Waals surface area contributed by atoms with Gasteiger partial charge >= 0.3 is 0 Å². The van der Waals surface area contributed by atoms with Crippen molar-refractivity contribution in [3.63, 3.8) is 0 Å². The Labute approximate surface area is 229 Å². The molecule has 1 aliphatic heterocycles. The molecular weight excluding hydrogens is 531 g/mol. The maximum Gasteiger partial charge on any atom is 0.261 e. The van der Waals surface area contributed by atoms with Gasteiger partial charge in [0.25, 0.3) is 5.91 Å². The average molecular weight is 555 g/mol. The normalized spacial score (nSPS) is 14.8. The number of benzene rings is 2. The number of amides is 2. The van der Waals surface area contributed by atoms with E-state index in [0.717, 1.165) is 17.5 Å². The summed E-state index contributed by atoms with van der Waals surface area (Å²) in [6, 6.07) is 19.6. The molecule has 0 fully saturated rings. The Morgan fingerprint density at radius 1 is 1.05 bits per heavy atom. The van der Waals surface area contributed by atoms with E-state index >= 15 is 0 Å². The van der Waals surface area contributed by atoms with Gasteiger partial charge in [-0.05, 0) is 65.4 Å². The van der Waals surface area contributed by atoms with Gasteiger partial charge in [0.2, 0.25) is 5.91 Å². The number of ether oxygens (including phenoxy) is 1. The molecule has 0 spiro atoms. The number of furan rings is 1. The summed E-state index contributed by atoms with van der Waals surface area (Å²) in [6.07, 6.45) is 2.28. The number of fused-ring (bicyclic) bond motifs is 1. The number of carbonyl (C=O) groups excluding carboxylic acids is 2. The van der Waals surface area contributed by atoms with Crippen LogP contribution in [0.3, 0.4) is 0 Å². The van der Waals surface area contributed by atoms with Gasteiger partial charge in [-0.2, -0.15) is 0 Å². The zero-order valence-electron chi connectivity index (χ0n) is 19.8. The van der Waals surface area contributed by atoms with E-state index < -0.39 is 0 Å². The van der Waals surface area contributed by atoms with Gasteiger partial charge < -0.3 is 19.0 Å². The van der Waals surface area contributed by atoms with E-state index in [9.17, 15) is 9.59 Å². The van der Waals surface area contributed by atoms with E-state index in [1.165, 1.54) is 9.78 Å². The van der Waals surface area contributed by atoms with Crippen LogP contribution in [-0.2, 0) is 22.6 Å². The summed E-state index contributed by atoms with van der Waals surface area (Å²) in [4.78, 5) is 31.5. The van der Waals surface area contributed by atoms with Gasteiger partial charge in [0.1, 0.15) is 18.1 Å². The quantitative estimate of drug-likeness (QED) is 0.259. The second-order valence-corrected chi connectivity index (χ2v) is 10.5. The molecule has 1 unspecified atom stereocenters. The third-order valence-corrected chi connectivity index (χ3v) is 7.81. The molecular formula is C28H24Cl2N2O4S. The maximum absolute atomic E-state index is 13.8. The summed E-state index contributed by atoms with van der Waals surface area (Å²) >= 11 is 14.4. The number of para-hydroxylation sites is 1. The van der Waals surface area contributed by atoms with Crippen molar-refractivity contribution in [2.24, 2.45) is 0 Å². The van der Waals surface area contributed by atoms with Crippen LogP contribution in [0.5, 0.6) is 5.75 Å². The van der Waals surface area contributed by atoms with Crippen molar-refractivity contribution in [3.8, 4) is 5.75 Å². The lowest BCUT2D eigenvalue weighted by atomic mass is 9.93. The van der Waals surface area contributed by atoms with E-state index in [-0.39, 0.29) is 37.6 Å². The van der Waals surface area contributed by atoms with E-state index in [1.807, 2.05) is 35.7 Å². The van der Waals surface area contributed by atoms with Crippen LogP contribution in [0.2, 0.25) is 10.0 Å². The number of nitrogens with zero attached hydrogens (tertiary/aromatic N) is 2. The van der Waals surface area contributed by atoms with Crippen LogP contribution < -0.4 is 4.74 Å². The number of carbonyl (C=O) groups is 2. The van der Waals surface area contributed by atoms with Crippen molar-refractivity contribution in [2.75, 3.05) is 19.7 Å². The standard InChI is InChI=1S/C28H24Cl2N2O4S/c29-19-8-9-22(24(30)15-19)28-23-11-14-37-25(23)10-12-32(28)26(33)17-31(16-21-7-4-13-35-21)27(34)18-36-20-5-2-1-3-6-20/h1-9,11,13-15,28H,10,12,16-18H2. The fourth-order valence-corrected chi connectivity index (χ4v) is 5.89. The third kappa shape index (κ3) is 5.85. The zero-order valence-corrected chi connectivity index (χ0v) is 22.1. The maximum atomic E-state index is 13.8. The minimum atomic E-state index is -0.367. The molecule has 190 valence electrons. The lowest BCUT2D eigenvalue weighted by molar-refractivity contribution is -0.143. The number of thiophene rings is 1. The minimum Gasteiger partial charge on any atom is -0.484 e. The molecule has 1 aliphatic rings. The van der Waals surface area contributed by atoms with Crippen molar-refractivity contribution in [2.45, 2.75) is 19.0 Å². The van der Waals surface area contributed by atoms with E-state index in [0.29, 0.717) is 28.1 Å². The van der Waals surface area contributed by atoms with Gasteiger partial charge in [0.05, 0.1) is 18.8 Å². The van der Waals surface area contributed by atoms with Crippen LogP contribution in [0.15, 0.2) is 82.8 Å². The highest BCUT2D eigenvalue weighted by Crippen LogP contribution is 2.41. The molecule has 0 radical (unpaired) electrons. The molecule has 0 bridgehead atoms. The SMILES string of the molecule is O=C(COc1ccccc1)N(CC(=O)N1CCc2sccc2C1c1ccc(Cl)cc1Cl)Cc1ccco1. The number of rotatable bonds is 8. The largest absolute Gasteiger partial charge is 0.484 e. The number of hydrogen-bond donors (Lipinski definition) is 0. The van der Waals surface area contributed by atoms with Gasteiger partial charge in [-0.3, -0.25) is 9.59 Å². The summed E-state index contributed by atoms with van der Waals surface area (Å²) in [5, 5.41) is 3.05. The molecule has 37 heavy (non-hydrogen) atoms. The molecule has 9 heteroatoms. The third-order valence-electron chi connectivity index (χ3n) is 6.25. The summed E-state index contributed by atoms with van der Waals surface area (Å²) in [7, 11) is 0. The Balaban J connectivity index is 1.39. The first-order valence-electron chi connectivity index (χ1n) is 11.8. The van der Waals surface area contributed by atoms with Crippen LogP contribution in [0.25, 0.3) is 0 Å². The highest BCUT2D eigenvalue weighted by atomic mass is 35.5. The highest BCUT2D eigenvalue weighted by molar-refractivity contribution is 7.10. The van der Waals surface area contributed by atoms with Crippen molar-refractivity contribution >= 4 is 46.4 Å². The molecule has 0 N–H and O–H groups in total. The Morgan fingerprint density at radius 3 is 2.65 bits per heavy atom. The molecule has 0 aliphatic carbocycles. The van der Waals surface area contributed by atoms with Gasteiger partial charge in [-0.1, -0.05) is 47.5 Å². The van der Waals surface area contributed by atoms with Gasteiger partial charge in [-0.25, -0.2) is 0 Å². The fourth-order valence-electron chi connectivity index (χ4n) is 4.47. The van der Waals surface area contributed by atoms with E-state index in [2.05, 4.69) is 0 Å². The molecule has 3 heterocycles. The number of halogens is 2. The van der Waals surface area contributed by atoms with Gasteiger partial charge in [0.15, 0.2) is 6.61 Å². The first-order valence-corrected chi connectivity index (χ1v) is 13.4. The molecule has 2 aromatic carbocycles. The van der Waals surface area contributed by atoms with Crippen molar-refractivity contribution in [1.82, 2.24) is 9.80 Å². The number of hydrogen-bond acceptors (Lipinski definition) is 5. The lowest BCUT2D eigenvalue weighted by Crippen LogP contribution is -2.47. The highest BCUT2D eigenvalue weighted by Gasteiger charge is 2.35. The minimum absolute atomic E-state index is 0.126. The van der Waals surface area contributed by atoms with Crippen molar-refractivity contribution in [3.05, 3.63) is 110 Å². The van der Waals surface area contributed by atoms with Crippen LogP contribution in [0.4, 0.5) is 0 Å². The lowest BCUT2D eigenvalue weighted by Gasteiger charge is -2.38. The predicted octanol–water partition coefficient (Wildman–Crippen LogP) is 6.23. The molecule has 0 saturated heterocycles. The first-order chi connectivity index (χ1) is 18.0. The first kappa shape index (κ1) is 25.4. The Kier molecular flexibility index (Phi) is 7.84. The Hall–Kier alpha value is -3.26. The van der Waals surface area contributed by atoms with Crippen molar-refractivity contribution in [1.29, 1.82) is 0 Å². The van der Waals surface area contributed by atoms with Crippen molar-refractivity contribution < 1.29 is 18.7 Å². The van der Waals surface area contributed by atoms with Gasteiger partial charge in [0, 0.05) is 21.5 Å². The summed E-state index contributed by atoms with van der Waals surface area (Å²) in [6.45, 7) is 0.344. The predicted molar refractivity (Wildman–Crippen MR) is 144 cm³/mol. The van der Waals surface area contributed by atoms with Gasteiger partial charge in [-0.15, -0.1) is 11.3 Å². The van der Waals surface area contributed by atoms with E-state index in [1.54, 1.807) is 58.9 Å². The molecule has 1 atom stereocenters. The van der Waals surface area contributed by atoms with Crippen LogP contribution >= 0.6 is 34.5 Å². The molecule has 4 aromatic rings. The zero-order chi connectivity index (χ0) is 25.8. The molecule has 5 rings (SSSR count). The summed E-state index contributed by atoms with van der Waals surface area (Å²) in [5.74, 6) is 0.658. The molecule has 6 nitrogen and oxygen atoms in total. The molecule has 2 aromatic heterocycles. The summed E-state index contributed by atoms with van der Waals surface area (Å²) < 4.78 is 11.1. The second-order valence-electron chi connectivity index (χ2n) is 8.64. The van der Waals surface area contributed by atoms with Crippen LogP contribution in [0, 0.1) is 0 Å². The molecule has 2 amide bonds. The van der Waals surface area contributed by atoms with Crippen LogP contribution in [0.1, 0.15) is 27.8 Å². The monoisotopic (exact) mass is 554 g/mol. The Morgan fingerprint density at radius 2 is 1.89 bits per heavy atom. The average Bonchev–Trinajstić information content (AvgIpc) is 3.59. The topological polar surface area (TPSA) is 63.0 Å². The Bertz CT molecular complexity index is 1370. The van der Waals surface area contributed by atoms with Crippen LogP contribution in [-0.4, -0.2) is 41.3 Å². The fraction of sp³-hybridized carbons (Fsp3) is 0.214. The van der Waals surface area contributed by atoms with E-state index in [4.69, 9.17) is 32.4 Å². The smallest absolute Gasteiger partial charge is 0.261 e. The molecule has 0 saturated carbocycles. The summed E-state index contributed by atoms with van der Waals surface area (Å²) in [5.41, 5.74) is 1.85.